The lowest BCUT2D eigenvalue weighted by molar-refractivity contribution is 0.277. The maximum Gasteiger partial charge on any atom is 0.195 e. The van der Waals surface area contributed by atoms with Crippen LogP contribution in [0.15, 0.2) is 23.2 Å². The number of hydrogen-bond donors (Lipinski definition) is 2. The standard InChI is InChI=1S/C14H20N4/c1-3-12-10-5-4-6-11(15)13(10)9(2)18(12)14-16-7-8-17-14/h4-6,9,12H,3,7-8,15H2,1-2H3,(H,16,17). The molecule has 0 aliphatic carbocycles. The zero-order valence-corrected chi connectivity index (χ0v) is 11.0. The lowest BCUT2D eigenvalue weighted by atomic mass is 10.00. The van der Waals surface area contributed by atoms with Crippen LogP contribution in [0.4, 0.5) is 5.69 Å². The number of guanidine groups is 1. The molecule has 0 bridgehead atoms. The van der Waals surface area contributed by atoms with Gasteiger partial charge >= 0.3 is 0 Å². The van der Waals surface area contributed by atoms with Crippen LogP contribution in [0, 0.1) is 0 Å². The van der Waals surface area contributed by atoms with Crippen molar-refractivity contribution in [3.05, 3.63) is 29.3 Å². The van der Waals surface area contributed by atoms with Gasteiger partial charge in [-0.3, -0.25) is 4.99 Å². The zero-order valence-electron chi connectivity index (χ0n) is 11.0. The highest BCUT2D eigenvalue weighted by molar-refractivity contribution is 5.83. The third-order valence-electron chi connectivity index (χ3n) is 3.99. The second kappa shape index (κ2) is 4.19. The highest BCUT2D eigenvalue weighted by atomic mass is 15.4. The summed E-state index contributed by atoms with van der Waals surface area (Å²) in [5.41, 5.74) is 9.70. The van der Waals surface area contributed by atoms with E-state index in [0.717, 1.165) is 31.2 Å². The fourth-order valence-corrected chi connectivity index (χ4v) is 3.24. The normalized spacial score (nSPS) is 25.9. The number of aliphatic imine (C=N–C) groups is 1. The molecule has 0 aromatic heterocycles. The van der Waals surface area contributed by atoms with Gasteiger partial charge < -0.3 is 16.0 Å². The van der Waals surface area contributed by atoms with Gasteiger partial charge in [0.1, 0.15) is 0 Å². The number of nitrogens with one attached hydrogen (secondary N) is 1. The number of rotatable bonds is 1. The molecular weight excluding hydrogens is 224 g/mol. The Morgan fingerprint density at radius 3 is 3.00 bits per heavy atom. The van der Waals surface area contributed by atoms with Gasteiger partial charge in [0.05, 0.1) is 18.6 Å². The van der Waals surface area contributed by atoms with Crippen LogP contribution in [0.2, 0.25) is 0 Å². The first-order valence-electron chi connectivity index (χ1n) is 6.69. The van der Waals surface area contributed by atoms with Crippen molar-refractivity contribution in [1.29, 1.82) is 0 Å². The SMILES string of the molecule is CCC1c2cccc(N)c2C(C)N1C1=NCCN1. The third-order valence-corrected chi connectivity index (χ3v) is 3.99. The van der Waals surface area contributed by atoms with E-state index in [2.05, 4.69) is 41.2 Å². The number of fused-ring (bicyclic) bond motifs is 1. The molecule has 1 aromatic carbocycles. The molecule has 3 rings (SSSR count). The minimum absolute atomic E-state index is 0.301. The Balaban J connectivity index is 2.07. The van der Waals surface area contributed by atoms with Crippen LogP contribution in [0.3, 0.4) is 0 Å². The summed E-state index contributed by atoms with van der Waals surface area (Å²) in [5.74, 6) is 1.03. The second-order valence-corrected chi connectivity index (χ2v) is 4.99. The molecule has 18 heavy (non-hydrogen) atoms. The number of nitrogens with zero attached hydrogens (tertiary/aromatic N) is 2. The maximum atomic E-state index is 6.15. The molecule has 0 saturated heterocycles. The number of hydrogen-bond acceptors (Lipinski definition) is 4. The molecule has 4 heteroatoms. The van der Waals surface area contributed by atoms with Crippen molar-refractivity contribution in [1.82, 2.24) is 10.2 Å². The van der Waals surface area contributed by atoms with Crippen molar-refractivity contribution in [2.24, 2.45) is 4.99 Å². The van der Waals surface area contributed by atoms with Crippen LogP contribution in [0.5, 0.6) is 0 Å². The van der Waals surface area contributed by atoms with E-state index in [1.54, 1.807) is 0 Å². The molecule has 1 aromatic rings. The molecule has 2 atom stereocenters. The number of nitrogen functional groups attached to an aromatic ring is 1. The van der Waals surface area contributed by atoms with Crippen LogP contribution in [0.25, 0.3) is 0 Å². The van der Waals surface area contributed by atoms with Crippen LogP contribution in [0.1, 0.15) is 43.5 Å². The third kappa shape index (κ3) is 1.48. The summed E-state index contributed by atoms with van der Waals surface area (Å²) < 4.78 is 0. The smallest absolute Gasteiger partial charge is 0.195 e. The Morgan fingerprint density at radius 2 is 2.33 bits per heavy atom. The molecule has 4 nitrogen and oxygen atoms in total. The fourth-order valence-electron chi connectivity index (χ4n) is 3.24. The molecule has 2 aliphatic rings. The summed E-state index contributed by atoms with van der Waals surface area (Å²) in [4.78, 5) is 6.95. The quantitative estimate of drug-likeness (QED) is 0.743. The Morgan fingerprint density at radius 1 is 1.50 bits per heavy atom. The van der Waals surface area contributed by atoms with Crippen molar-refractivity contribution >= 4 is 11.6 Å². The molecule has 0 radical (unpaired) electrons. The molecule has 0 saturated carbocycles. The van der Waals surface area contributed by atoms with Gasteiger partial charge in [-0.1, -0.05) is 19.1 Å². The molecule has 96 valence electrons. The van der Waals surface area contributed by atoms with Crippen LogP contribution >= 0.6 is 0 Å². The van der Waals surface area contributed by atoms with E-state index in [1.807, 2.05) is 6.07 Å². The molecule has 0 fully saturated rings. The van der Waals surface area contributed by atoms with Gasteiger partial charge in [0.15, 0.2) is 5.96 Å². The molecule has 2 unspecified atom stereocenters. The highest BCUT2D eigenvalue weighted by Crippen LogP contribution is 2.45. The summed E-state index contributed by atoms with van der Waals surface area (Å²) in [5, 5.41) is 3.38. The van der Waals surface area contributed by atoms with Gasteiger partial charge in [0.25, 0.3) is 0 Å². The lowest BCUT2D eigenvalue weighted by Crippen LogP contribution is -2.39. The van der Waals surface area contributed by atoms with Gasteiger partial charge in [-0.25, -0.2) is 0 Å². The van der Waals surface area contributed by atoms with E-state index < -0.39 is 0 Å². The van der Waals surface area contributed by atoms with Crippen molar-refractivity contribution < 1.29 is 0 Å². The summed E-state index contributed by atoms with van der Waals surface area (Å²) in [6.07, 6.45) is 1.07. The Bertz CT molecular complexity index is 495. The van der Waals surface area contributed by atoms with Crippen molar-refractivity contribution in [3.63, 3.8) is 0 Å². The first-order chi connectivity index (χ1) is 8.74. The molecule has 0 amide bonds. The van der Waals surface area contributed by atoms with Crippen LogP contribution in [-0.2, 0) is 0 Å². The van der Waals surface area contributed by atoms with E-state index in [4.69, 9.17) is 5.73 Å². The topological polar surface area (TPSA) is 53.6 Å². The Kier molecular flexibility index (Phi) is 2.65. The van der Waals surface area contributed by atoms with E-state index in [1.165, 1.54) is 11.1 Å². The molecule has 0 spiro atoms. The minimum Gasteiger partial charge on any atom is -0.398 e. The Labute approximate surface area is 108 Å². The maximum absolute atomic E-state index is 6.15. The summed E-state index contributed by atoms with van der Waals surface area (Å²) >= 11 is 0. The second-order valence-electron chi connectivity index (χ2n) is 4.99. The largest absolute Gasteiger partial charge is 0.398 e. The number of nitrogens with two attached hydrogens (primary N) is 1. The first-order valence-corrected chi connectivity index (χ1v) is 6.69. The van der Waals surface area contributed by atoms with Gasteiger partial charge in [-0.2, -0.15) is 0 Å². The van der Waals surface area contributed by atoms with E-state index in [0.29, 0.717) is 12.1 Å². The predicted molar refractivity (Wildman–Crippen MR) is 74.4 cm³/mol. The van der Waals surface area contributed by atoms with Gasteiger partial charge in [0.2, 0.25) is 0 Å². The molecular formula is C14H20N4. The van der Waals surface area contributed by atoms with Gasteiger partial charge in [-0.05, 0) is 25.0 Å². The summed E-state index contributed by atoms with van der Waals surface area (Å²) in [6.45, 7) is 6.26. The van der Waals surface area contributed by atoms with Crippen molar-refractivity contribution in [2.45, 2.75) is 32.4 Å². The van der Waals surface area contributed by atoms with Crippen molar-refractivity contribution in [3.8, 4) is 0 Å². The Hall–Kier alpha value is -1.71. The minimum atomic E-state index is 0.301. The van der Waals surface area contributed by atoms with Gasteiger partial charge in [0, 0.05) is 17.8 Å². The van der Waals surface area contributed by atoms with E-state index in [9.17, 15) is 0 Å². The average molecular weight is 244 g/mol. The summed E-state index contributed by atoms with van der Waals surface area (Å²) in [6, 6.07) is 6.94. The molecule has 2 aliphatic heterocycles. The monoisotopic (exact) mass is 244 g/mol. The predicted octanol–water partition coefficient (Wildman–Crippen LogP) is 2.06. The highest BCUT2D eigenvalue weighted by Gasteiger charge is 2.38. The number of anilines is 1. The van der Waals surface area contributed by atoms with Crippen molar-refractivity contribution in [2.75, 3.05) is 18.8 Å². The van der Waals surface area contributed by atoms with E-state index in [-0.39, 0.29) is 0 Å². The molecule has 2 heterocycles. The average Bonchev–Trinajstić information content (AvgIpc) is 2.95. The summed E-state index contributed by atoms with van der Waals surface area (Å²) in [7, 11) is 0. The lowest BCUT2D eigenvalue weighted by Gasteiger charge is -2.30. The zero-order chi connectivity index (χ0) is 12.7. The van der Waals surface area contributed by atoms with Crippen LogP contribution < -0.4 is 11.1 Å². The van der Waals surface area contributed by atoms with E-state index >= 15 is 0 Å². The van der Waals surface area contributed by atoms with Gasteiger partial charge in [-0.15, -0.1) is 0 Å². The number of benzene rings is 1. The first kappa shape index (κ1) is 11.4. The fraction of sp³-hybridized carbons (Fsp3) is 0.500. The molecule has 3 N–H and O–H groups in total. The van der Waals surface area contributed by atoms with Crippen LogP contribution in [-0.4, -0.2) is 23.9 Å².